The molecule has 1 aromatic heterocycles. The Balaban J connectivity index is 2.77. The Hall–Kier alpha value is -0.580. The zero-order valence-electron chi connectivity index (χ0n) is 10.3. The van der Waals surface area contributed by atoms with E-state index in [0.29, 0.717) is 24.2 Å². The molecule has 0 aromatic carbocycles. The third kappa shape index (κ3) is 3.20. The third-order valence-electron chi connectivity index (χ3n) is 2.39. The number of halogens is 1. The van der Waals surface area contributed by atoms with Crippen LogP contribution >= 0.6 is 11.6 Å². The van der Waals surface area contributed by atoms with Crippen LogP contribution in [0.4, 0.5) is 0 Å². The Labute approximate surface area is 102 Å². The molecule has 1 aromatic rings. The fourth-order valence-corrected chi connectivity index (χ4v) is 1.80. The van der Waals surface area contributed by atoms with Crippen molar-refractivity contribution in [3.8, 4) is 0 Å². The molecule has 0 amide bonds. The minimum Gasteiger partial charge on any atom is -0.392 e. The van der Waals surface area contributed by atoms with Gasteiger partial charge in [0.15, 0.2) is 0 Å². The number of nitrogens with one attached hydrogen (secondary N) is 1. The molecule has 0 radical (unpaired) electrons. The molecule has 0 saturated carbocycles. The molecule has 1 rings (SSSR count). The molecule has 0 aliphatic rings. The number of aliphatic hydroxyl groups is 1. The summed E-state index contributed by atoms with van der Waals surface area (Å²) in [5.74, 6) is 0.349. The SMILES string of the molecule is CC(O)CNCc1c(C(C)C)nn(C)c1Cl. The van der Waals surface area contributed by atoms with Crippen molar-refractivity contribution in [2.75, 3.05) is 6.54 Å². The van der Waals surface area contributed by atoms with Crippen LogP contribution in [0.1, 0.15) is 37.9 Å². The number of rotatable bonds is 5. The van der Waals surface area contributed by atoms with Gasteiger partial charge in [0.2, 0.25) is 0 Å². The predicted octanol–water partition coefficient (Wildman–Crippen LogP) is 1.67. The second kappa shape index (κ2) is 5.66. The molecule has 0 spiro atoms. The maximum atomic E-state index is 9.17. The van der Waals surface area contributed by atoms with Crippen LogP contribution in [0.25, 0.3) is 0 Å². The summed E-state index contributed by atoms with van der Waals surface area (Å²) in [5, 5.41) is 17.4. The van der Waals surface area contributed by atoms with E-state index in [1.165, 1.54) is 0 Å². The molecule has 0 bridgehead atoms. The summed E-state index contributed by atoms with van der Waals surface area (Å²) >= 11 is 6.17. The van der Waals surface area contributed by atoms with Gasteiger partial charge in [0.1, 0.15) is 5.15 Å². The lowest BCUT2D eigenvalue weighted by atomic mass is 10.1. The van der Waals surface area contributed by atoms with Gasteiger partial charge in [-0.15, -0.1) is 0 Å². The van der Waals surface area contributed by atoms with Crippen molar-refractivity contribution >= 4 is 11.6 Å². The zero-order chi connectivity index (χ0) is 12.3. The van der Waals surface area contributed by atoms with Gasteiger partial charge in [-0.05, 0) is 12.8 Å². The number of aromatic nitrogens is 2. The molecule has 16 heavy (non-hydrogen) atoms. The summed E-state index contributed by atoms with van der Waals surface area (Å²) < 4.78 is 1.69. The van der Waals surface area contributed by atoms with E-state index in [1.54, 1.807) is 11.6 Å². The normalized spacial score (nSPS) is 13.4. The summed E-state index contributed by atoms with van der Waals surface area (Å²) in [5.41, 5.74) is 2.05. The van der Waals surface area contributed by atoms with Gasteiger partial charge < -0.3 is 10.4 Å². The molecule has 0 aliphatic heterocycles. The van der Waals surface area contributed by atoms with Gasteiger partial charge in [0.25, 0.3) is 0 Å². The summed E-state index contributed by atoms with van der Waals surface area (Å²) in [6.07, 6.45) is -0.349. The number of nitrogens with zero attached hydrogens (tertiary/aromatic N) is 2. The van der Waals surface area contributed by atoms with Gasteiger partial charge in [-0.2, -0.15) is 5.10 Å². The molecule has 1 atom stereocenters. The molecular formula is C11H20ClN3O. The summed E-state index contributed by atoms with van der Waals surface area (Å²) in [4.78, 5) is 0. The van der Waals surface area contributed by atoms with Gasteiger partial charge >= 0.3 is 0 Å². The number of hydrogen-bond donors (Lipinski definition) is 2. The van der Waals surface area contributed by atoms with Crippen LogP contribution in [0.3, 0.4) is 0 Å². The first-order chi connectivity index (χ1) is 7.43. The fourth-order valence-electron chi connectivity index (χ4n) is 1.60. The van der Waals surface area contributed by atoms with E-state index in [0.717, 1.165) is 11.3 Å². The van der Waals surface area contributed by atoms with Crippen LogP contribution < -0.4 is 5.32 Å². The second-order valence-corrected chi connectivity index (χ2v) is 4.77. The predicted molar refractivity (Wildman–Crippen MR) is 65.7 cm³/mol. The van der Waals surface area contributed by atoms with Crippen molar-refractivity contribution in [3.05, 3.63) is 16.4 Å². The largest absolute Gasteiger partial charge is 0.392 e. The van der Waals surface area contributed by atoms with Crippen LogP contribution in [0.5, 0.6) is 0 Å². The molecule has 1 heterocycles. The highest BCUT2D eigenvalue weighted by Crippen LogP contribution is 2.24. The minimum absolute atomic E-state index is 0.349. The lowest BCUT2D eigenvalue weighted by Crippen LogP contribution is -2.24. The molecular weight excluding hydrogens is 226 g/mol. The van der Waals surface area contributed by atoms with Gasteiger partial charge in [-0.3, -0.25) is 4.68 Å². The van der Waals surface area contributed by atoms with Gasteiger partial charge in [0.05, 0.1) is 11.8 Å². The van der Waals surface area contributed by atoms with Crippen molar-refractivity contribution in [1.29, 1.82) is 0 Å². The van der Waals surface area contributed by atoms with E-state index in [-0.39, 0.29) is 6.10 Å². The number of aliphatic hydroxyl groups excluding tert-OH is 1. The van der Waals surface area contributed by atoms with E-state index < -0.39 is 0 Å². The Morgan fingerprint density at radius 3 is 2.56 bits per heavy atom. The lowest BCUT2D eigenvalue weighted by molar-refractivity contribution is 0.191. The van der Waals surface area contributed by atoms with Crippen LogP contribution in [-0.2, 0) is 13.6 Å². The van der Waals surface area contributed by atoms with Crippen LogP contribution in [0, 0.1) is 0 Å². The molecule has 5 heteroatoms. The van der Waals surface area contributed by atoms with Crippen molar-refractivity contribution in [1.82, 2.24) is 15.1 Å². The summed E-state index contributed by atoms with van der Waals surface area (Å²) in [6, 6.07) is 0. The van der Waals surface area contributed by atoms with E-state index in [2.05, 4.69) is 24.3 Å². The molecule has 0 fully saturated rings. The van der Waals surface area contributed by atoms with E-state index in [4.69, 9.17) is 16.7 Å². The van der Waals surface area contributed by atoms with Crippen molar-refractivity contribution < 1.29 is 5.11 Å². The zero-order valence-corrected chi connectivity index (χ0v) is 11.0. The Kier molecular flexibility index (Phi) is 4.77. The van der Waals surface area contributed by atoms with Crippen LogP contribution in [0.15, 0.2) is 0 Å². The maximum absolute atomic E-state index is 9.17. The Bertz CT molecular complexity index is 347. The molecule has 0 saturated heterocycles. The first-order valence-electron chi connectivity index (χ1n) is 5.53. The summed E-state index contributed by atoms with van der Waals surface area (Å²) in [6.45, 7) is 7.14. The van der Waals surface area contributed by atoms with Crippen LogP contribution in [0.2, 0.25) is 5.15 Å². The monoisotopic (exact) mass is 245 g/mol. The number of hydrogen-bond acceptors (Lipinski definition) is 3. The smallest absolute Gasteiger partial charge is 0.131 e. The lowest BCUT2D eigenvalue weighted by Gasteiger charge is -2.08. The van der Waals surface area contributed by atoms with E-state index >= 15 is 0 Å². The van der Waals surface area contributed by atoms with Crippen molar-refractivity contribution in [3.63, 3.8) is 0 Å². The molecule has 92 valence electrons. The van der Waals surface area contributed by atoms with Gasteiger partial charge in [0, 0.05) is 25.7 Å². The molecule has 1 unspecified atom stereocenters. The van der Waals surface area contributed by atoms with Crippen molar-refractivity contribution in [2.24, 2.45) is 7.05 Å². The maximum Gasteiger partial charge on any atom is 0.131 e. The highest BCUT2D eigenvalue weighted by molar-refractivity contribution is 6.30. The average molecular weight is 246 g/mol. The number of aryl methyl sites for hydroxylation is 1. The Morgan fingerprint density at radius 1 is 1.44 bits per heavy atom. The molecule has 4 nitrogen and oxygen atoms in total. The van der Waals surface area contributed by atoms with Crippen LogP contribution in [-0.4, -0.2) is 27.5 Å². The van der Waals surface area contributed by atoms with Gasteiger partial charge in [-0.25, -0.2) is 0 Å². The third-order valence-corrected chi connectivity index (χ3v) is 2.86. The average Bonchev–Trinajstić information content (AvgIpc) is 2.45. The topological polar surface area (TPSA) is 50.1 Å². The quantitative estimate of drug-likeness (QED) is 0.830. The molecule has 0 aliphatic carbocycles. The standard InChI is InChI=1S/C11H20ClN3O/c1-7(2)10-9(6-13-5-8(3)16)11(12)15(4)14-10/h7-8,13,16H,5-6H2,1-4H3. The fraction of sp³-hybridized carbons (Fsp3) is 0.727. The highest BCUT2D eigenvalue weighted by Gasteiger charge is 2.16. The Morgan fingerprint density at radius 2 is 2.06 bits per heavy atom. The van der Waals surface area contributed by atoms with Gasteiger partial charge in [-0.1, -0.05) is 25.4 Å². The van der Waals surface area contributed by atoms with Crippen molar-refractivity contribution in [2.45, 2.75) is 39.3 Å². The second-order valence-electron chi connectivity index (χ2n) is 4.41. The first-order valence-corrected chi connectivity index (χ1v) is 5.91. The van der Waals surface area contributed by atoms with E-state index in [1.807, 2.05) is 7.05 Å². The minimum atomic E-state index is -0.349. The molecule has 2 N–H and O–H groups in total. The summed E-state index contributed by atoms with van der Waals surface area (Å²) in [7, 11) is 1.84. The first kappa shape index (κ1) is 13.5. The van der Waals surface area contributed by atoms with E-state index in [9.17, 15) is 0 Å². The highest BCUT2D eigenvalue weighted by atomic mass is 35.5.